The number of nitrogens with zero attached hydrogens (tertiary/aromatic N) is 6. The number of hydrogen-bond acceptors (Lipinski definition) is 5. The maximum Gasteiger partial charge on any atom is 0.154 e. The van der Waals surface area contributed by atoms with Crippen LogP contribution >= 0.6 is 0 Å². The normalized spacial score (nSPS) is 16.9. The van der Waals surface area contributed by atoms with Gasteiger partial charge in [-0.15, -0.1) is 5.10 Å². The summed E-state index contributed by atoms with van der Waals surface area (Å²) in [5.41, 5.74) is 3.24. The molecule has 1 aliphatic heterocycles. The Morgan fingerprint density at radius 3 is 2.85 bits per heavy atom. The predicted molar refractivity (Wildman–Crippen MR) is 99.7 cm³/mol. The van der Waals surface area contributed by atoms with E-state index in [0.717, 1.165) is 47.8 Å². The molecule has 6 nitrogen and oxygen atoms in total. The van der Waals surface area contributed by atoms with Crippen LogP contribution in [0.25, 0.3) is 17.0 Å². The van der Waals surface area contributed by atoms with Crippen molar-refractivity contribution in [2.75, 3.05) is 11.4 Å². The molecule has 4 heterocycles. The van der Waals surface area contributed by atoms with Gasteiger partial charge in [0.25, 0.3) is 0 Å². The second-order valence-corrected chi connectivity index (χ2v) is 6.60. The van der Waals surface area contributed by atoms with Crippen molar-refractivity contribution in [1.29, 1.82) is 0 Å². The molecule has 0 spiro atoms. The van der Waals surface area contributed by atoms with Crippen molar-refractivity contribution in [3.05, 3.63) is 72.6 Å². The summed E-state index contributed by atoms with van der Waals surface area (Å²) < 4.78 is 15.5. The number of rotatable bonds is 3. The van der Waals surface area contributed by atoms with Crippen LogP contribution in [0.2, 0.25) is 0 Å². The molecule has 1 aromatic carbocycles. The van der Waals surface area contributed by atoms with Crippen molar-refractivity contribution in [1.82, 2.24) is 24.6 Å². The molecule has 0 amide bonds. The molecule has 1 fully saturated rings. The second kappa shape index (κ2) is 6.42. The van der Waals surface area contributed by atoms with Crippen LogP contribution in [0, 0.1) is 5.82 Å². The van der Waals surface area contributed by atoms with Crippen LogP contribution in [0.15, 0.2) is 61.2 Å². The molecule has 134 valence electrons. The summed E-state index contributed by atoms with van der Waals surface area (Å²) in [7, 11) is 0. The first-order chi connectivity index (χ1) is 13.3. The molecule has 0 aliphatic carbocycles. The Balaban J connectivity index is 1.56. The van der Waals surface area contributed by atoms with Gasteiger partial charge in [0.05, 0.1) is 18.4 Å². The Hall–Kier alpha value is -3.35. The second-order valence-electron chi connectivity index (χ2n) is 6.60. The molecular weight excluding hydrogens is 343 g/mol. The lowest BCUT2D eigenvalue weighted by atomic mass is 10.0. The fourth-order valence-electron chi connectivity index (χ4n) is 3.72. The lowest BCUT2D eigenvalue weighted by Gasteiger charge is -2.26. The van der Waals surface area contributed by atoms with Crippen LogP contribution in [0.3, 0.4) is 0 Å². The van der Waals surface area contributed by atoms with Crippen molar-refractivity contribution < 1.29 is 4.39 Å². The third kappa shape index (κ3) is 2.81. The Morgan fingerprint density at radius 2 is 2.00 bits per heavy atom. The average Bonchev–Trinajstić information content (AvgIpc) is 3.35. The minimum absolute atomic E-state index is 0.120. The van der Waals surface area contributed by atoms with E-state index in [-0.39, 0.29) is 11.9 Å². The van der Waals surface area contributed by atoms with Crippen LogP contribution < -0.4 is 4.90 Å². The lowest BCUT2D eigenvalue weighted by molar-refractivity contribution is 0.617. The first kappa shape index (κ1) is 15.9. The first-order valence-electron chi connectivity index (χ1n) is 8.93. The zero-order valence-corrected chi connectivity index (χ0v) is 14.5. The topological polar surface area (TPSA) is 59.2 Å². The van der Waals surface area contributed by atoms with Crippen molar-refractivity contribution in [3.8, 4) is 11.4 Å². The fraction of sp³-hybridized carbons (Fsp3) is 0.200. The van der Waals surface area contributed by atoms with Gasteiger partial charge in [-0.3, -0.25) is 9.97 Å². The standard InChI is InChI=1S/C20H17FN6/c21-15-4-1-3-14(11-15)17-5-2-10-26(17)20-7-6-19-24-13-18(27(19)25-20)16-12-22-8-9-23-16/h1,3-4,6-9,11-13,17H,2,5,10H2. The smallest absolute Gasteiger partial charge is 0.154 e. The van der Waals surface area contributed by atoms with Gasteiger partial charge >= 0.3 is 0 Å². The molecular formula is C20H17FN6. The third-order valence-electron chi connectivity index (χ3n) is 4.95. The van der Waals surface area contributed by atoms with E-state index in [2.05, 4.69) is 19.9 Å². The zero-order chi connectivity index (χ0) is 18.2. The molecule has 5 rings (SSSR count). The largest absolute Gasteiger partial charge is 0.348 e. The predicted octanol–water partition coefficient (Wildman–Crippen LogP) is 3.67. The summed E-state index contributed by atoms with van der Waals surface area (Å²) >= 11 is 0. The third-order valence-corrected chi connectivity index (χ3v) is 4.95. The molecule has 0 saturated carbocycles. The summed E-state index contributed by atoms with van der Waals surface area (Å²) in [5, 5.41) is 4.81. The van der Waals surface area contributed by atoms with Gasteiger partial charge in [-0.2, -0.15) is 0 Å². The average molecular weight is 360 g/mol. The van der Waals surface area contributed by atoms with E-state index in [1.807, 2.05) is 18.2 Å². The molecule has 1 aliphatic rings. The van der Waals surface area contributed by atoms with Gasteiger partial charge in [-0.05, 0) is 42.7 Å². The number of anilines is 1. The van der Waals surface area contributed by atoms with Crippen LogP contribution in [-0.2, 0) is 0 Å². The molecule has 1 unspecified atom stereocenters. The van der Waals surface area contributed by atoms with Crippen molar-refractivity contribution in [3.63, 3.8) is 0 Å². The van der Waals surface area contributed by atoms with Crippen LogP contribution in [-0.4, -0.2) is 31.1 Å². The molecule has 3 aromatic heterocycles. The van der Waals surface area contributed by atoms with E-state index in [9.17, 15) is 4.39 Å². The van der Waals surface area contributed by atoms with E-state index < -0.39 is 0 Å². The van der Waals surface area contributed by atoms with Crippen LogP contribution in [0.4, 0.5) is 10.2 Å². The van der Waals surface area contributed by atoms with Crippen molar-refractivity contribution >= 4 is 11.5 Å². The highest BCUT2D eigenvalue weighted by Gasteiger charge is 2.28. The molecule has 1 saturated heterocycles. The molecule has 7 heteroatoms. The van der Waals surface area contributed by atoms with Gasteiger partial charge in [0.15, 0.2) is 5.65 Å². The summed E-state index contributed by atoms with van der Waals surface area (Å²) in [4.78, 5) is 15.1. The maximum atomic E-state index is 13.7. The minimum atomic E-state index is -0.206. The van der Waals surface area contributed by atoms with Crippen molar-refractivity contribution in [2.24, 2.45) is 0 Å². The number of benzene rings is 1. The molecule has 27 heavy (non-hydrogen) atoms. The van der Waals surface area contributed by atoms with E-state index in [1.54, 1.807) is 41.4 Å². The van der Waals surface area contributed by atoms with Gasteiger partial charge in [0, 0.05) is 18.9 Å². The summed E-state index contributed by atoms with van der Waals surface area (Å²) in [6.07, 6.45) is 8.76. The van der Waals surface area contributed by atoms with E-state index in [4.69, 9.17) is 5.10 Å². The van der Waals surface area contributed by atoms with Gasteiger partial charge in [-0.25, -0.2) is 13.9 Å². The minimum Gasteiger partial charge on any atom is -0.348 e. The van der Waals surface area contributed by atoms with Gasteiger partial charge < -0.3 is 4.90 Å². The number of halogens is 1. The van der Waals surface area contributed by atoms with Gasteiger partial charge in [0.1, 0.15) is 23.0 Å². The van der Waals surface area contributed by atoms with Crippen LogP contribution in [0.5, 0.6) is 0 Å². The molecule has 0 N–H and O–H groups in total. The highest BCUT2D eigenvalue weighted by Crippen LogP contribution is 2.35. The molecule has 0 bridgehead atoms. The number of hydrogen-bond donors (Lipinski definition) is 0. The summed E-state index contributed by atoms with van der Waals surface area (Å²) in [6.45, 7) is 0.884. The maximum absolute atomic E-state index is 13.7. The fourth-order valence-corrected chi connectivity index (χ4v) is 3.72. The van der Waals surface area contributed by atoms with E-state index in [1.165, 1.54) is 6.07 Å². The quantitative estimate of drug-likeness (QED) is 0.558. The molecule has 4 aromatic rings. The van der Waals surface area contributed by atoms with Gasteiger partial charge in [-0.1, -0.05) is 12.1 Å². The van der Waals surface area contributed by atoms with Crippen molar-refractivity contribution in [2.45, 2.75) is 18.9 Å². The summed E-state index contributed by atoms with van der Waals surface area (Å²) in [6, 6.07) is 10.9. The SMILES string of the molecule is Fc1cccc(C2CCCN2c2ccc3ncc(-c4cnccn4)n3n2)c1. The molecule has 1 atom stereocenters. The Morgan fingerprint density at radius 1 is 1.04 bits per heavy atom. The number of fused-ring (bicyclic) bond motifs is 1. The van der Waals surface area contributed by atoms with Crippen LogP contribution in [0.1, 0.15) is 24.4 Å². The number of imidazole rings is 1. The Kier molecular flexibility index (Phi) is 3.78. The highest BCUT2D eigenvalue weighted by molar-refractivity contribution is 5.60. The highest BCUT2D eigenvalue weighted by atomic mass is 19.1. The van der Waals surface area contributed by atoms with E-state index in [0.29, 0.717) is 0 Å². The monoisotopic (exact) mass is 360 g/mol. The summed E-state index contributed by atoms with van der Waals surface area (Å²) in [5.74, 6) is 0.639. The first-order valence-corrected chi connectivity index (χ1v) is 8.93. The Bertz CT molecular complexity index is 1090. The Labute approximate surface area is 155 Å². The zero-order valence-electron chi connectivity index (χ0n) is 14.5. The van der Waals surface area contributed by atoms with E-state index >= 15 is 0 Å². The lowest BCUT2D eigenvalue weighted by Crippen LogP contribution is -2.24. The van der Waals surface area contributed by atoms with Gasteiger partial charge in [0.2, 0.25) is 0 Å². The molecule has 0 radical (unpaired) electrons. The number of aromatic nitrogens is 5.